The van der Waals surface area contributed by atoms with Crippen molar-refractivity contribution in [2.75, 3.05) is 0 Å². The maximum atomic E-state index is 13.1. The monoisotopic (exact) mass is 329 g/mol. The smallest absolute Gasteiger partial charge is 0.221 e. The van der Waals surface area contributed by atoms with Crippen LogP contribution in [0.3, 0.4) is 0 Å². The van der Waals surface area contributed by atoms with Crippen LogP contribution in [0.1, 0.15) is 55.4 Å². The van der Waals surface area contributed by atoms with E-state index in [0.717, 1.165) is 22.3 Å². The van der Waals surface area contributed by atoms with E-state index in [9.17, 15) is 14.4 Å². The molecule has 1 aliphatic rings. The van der Waals surface area contributed by atoms with Crippen LogP contribution >= 0.6 is 0 Å². The lowest BCUT2D eigenvalue weighted by molar-refractivity contribution is -0.134. The molecule has 2 N–H and O–H groups in total. The van der Waals surface area contributed by atoms with E-state index < -0.39 is 29.1 Å². The first-order chi connectivity index (χ1) is 10.9. The Morgan fingerprint density at radius 2 is 1.62 bits per heavy atom. The van der Waals surface area contributed by atoms with Crippen molar-refractivity contribution >= 4 is 17.5 Å². The molecule has 1 fully saturated rings. The first-order valence-electron chi connectivity index (χ1n) is 8.38. The van der Waals surface area contributed by atoms with Crippen molar-refractivity contribution in [3.8, 4) is 0 Å². The highest BCUT2D eigenvalue weighted by Crippen LogP contribution is 2.43. The van der Waals surface area contributed by atoms with Gasteiger partial charge in [-0.05, 0) is 42.9 Å². The van der Waals surface area contributed by atoms with E-state index in [4.69, 9.17) is 5.73 Å². The molecule has 0 heterocycles. The minimum absolute atomic E-state index is 0.0983. The molecule has 3 unspecified atom stereocenters. The van der Waals surface area contributed by atoms with Crippen LogP contribution in [0.15, 0.2) is 12.1 Å². The molecule has 1 amide bonds. The molecule has 0 aliphatic heterocycles. The first-order valence-corrected chi connectivity index (χ1v) is 8.38. The van der Waals surface area contributed by atoms with E-state index in [1.807, 2.05) is 53.7 Å². The van der Waals surface area contributed by atoms with Crippen molar-refractivity contribution in [3.63, 3.8) is 0 Å². The second kappa shape index (κ2) is 6.15. The number of aryl methyl sites for hydroxylation is 3. The average Bonchev–Trinajstić information content (AvgIpc) is 2.63. The summed E-state index contributed by atoms with van der Waals surface area (Å²) in [5, 5.41) is 0. The van der Waals surface area contributed by atoms with Gasteiger partial charge in [0.25, 0.3) is 0 Å². The van der Waals surface area contributed by atoms with Crippen molar-refractivity contribution < 1.29 is 14.4 Å². The van der Waals surface area contributed by atoms with Crippen LogP contribution in [0.5, 0.6) is 0 Å². The predicted molar refractivity (Wildman–Crippen MR) is 93.7 cm³/mol. The van der Waals surface area contributed by atoms with Gasteiger partial charge < -0.3 is 5.73 Å². The molecule has 4 heteroatoms. The van der Waals surface area contributed by atoms with E-state index in [-0.39, 0.29) is 18.0 Å². The lowest BCUT2D eigenvalue weighted by Crippen LogP contribution is -2.41. The maximum absolute atomic E-state index is 13.1. The van der Waals surface area contributed by atoms with Crippen LogP contribution in [-0.2, 0) is 14.4 Å². The second-order valence-electron chi connectivity index (χ2n) is 8.17. The molecule has 0 radical (unpaired) electrons. The lowest BCUT2D eigenvalue weighted by Gasteiger charge is -2.31. The van der Waals surface area contributed by atoms with Gasteiger partial charge >= 0.3 is 0 Å². The Morgan fingerprint density at radius 1 is 1.12 bits per heavy atom. The Labute approximate surface area is 143 Å². The predicted octanol–water partition coefficient (Wildman–Crippen LogP) is 3.00. The van der Waals surface area contributed by atoms with E-state index in [1.165, 1.54) is 0 Å². The van der Waals surface area contributed by atoms with Gasteiger partial charge in [0, 0.05) is 12.3 Å². The Bertz CT molecular complexity index is 689. The minimum atomic E-state index is -0.764. The van der Waals surface area contributed by atoms with Crippen molar-refractivity contribution in [3.05, 3.63) is 34.4 Å². The zero-order valence-corrected chi connectivity index (χ0v) is 15.4. The van der Waals surface area contributed by atoms with Crippen LogP contribution < -0.4 is 5.73 Å². The molecule has 4 nitrogen and oxygen atoms in total. The number of carbonyl (C=O) groups is 3. The van der Waals surface area contributed by atoms with Crippen LogP contribution in [-0.4, -0.2) is 17.5 Å². The number of benzene rings is 1. The molecule has 1 saturated carbocycles. The number of hydrogen-bond acceptors (Lipinski definition) is 3. The van der Waals surface area contributed by atoms with Crippen molar-refractivity contribution in [2.45, 2.75) is 53.9 Å². The van der Waals surface area contributed by atoms with Gasteiger partial charge in [-0.3, -0.25) is 14.4 Å². The van der Waals surface area contributed by atoms with Gasteiger partial charge in [0.05, 0.1) is 5.92 Å². The molecule has 0 saturated heterocycles. The van der Waals surface area contributed by atoms with E-state index in [0.29, 0.717) is 0 Å². The Hall–Kier alpha value is -1.97. The number of hydrogen-bond donors (Lipinski definition) is 1. The molecule has 2 rings (SSSR count). The van der Waals surface area contributed by atoms with Gasteiger partial charge in [0.15, 0.2) is 5.78 Å². The summed E-state index contributed by atoms with van der Waals surface area (Å²) in [4.78, 5) is 37.7. The van der Waals surface area contributed by atoms with Gasteiger partial charge in [-0.15, -0.1) is 0 Å². The highest BCUT2D eigenvalue weighted by atomic mass is 16.2. The quantitative estimate of drug-likeness (QED) is 0.866. The highest BCUT2D eigenvalue weighted by molar-refractivity contribution is 6.16. The molecular formula is C20H27NO3. The van der Waals surface area contributed by atoms with Gasteiger partial charge in [0.2, 0.25) is 5.91 Å². The first kappa shape index (κ1) is 18.4. The topological polar surface area (TPSA) is 77.2 Å². The van der Waals surface area contributed by atoms with Crippen LogP contribution in [0, 0.1) is 38.0 Å². The van der Waals surface area contributed by atoms with Gasteiger partial charge in [-0.1, -0.05) is 38.5 Å². The fourth-order valence-corrected chi connectivity index (χ4v) is 4.27. The normalized spacial score (nSPS) is 22.8. The third-order valence-corrected chi connectivity index (χ3v) is 5.06. The number of carbonyl (C=O) groups excluding carboxylic acids is 3. The summed E-state index contributed by atoms with van der Waals surface area (Å²) in [6.07, 6.45) is 0.0983. The largest absolute Gasteiger partial charge is 0.369 e. The molecule has 0 aromatic heterocycles. The molecule has 1 aromatic carbocycles. The van der Waals surface area contributed by atoms with Crippen LogP contribution in [0.25, 0.3) is 0 Å². The molecule has 3 atom stereocenters. The Balaban J connectivity index is 2.49. The van der Waals surface area contributed by atoms with Crippen molar-refractivity contribution in [1.29, 1.82) is 0 Å². The average molecular weight is 329 g/mol. The molecule has 130 valence electrons. The van der Waals surface area contributed by atoms with E-state index in [2.05, 4.69) is 0 Å². The number of rotatable bonds is 3. The van der Waals surface area contributed by atoms with Gasteiger partial charge in [0.1, 0.15) is 11.7 Å². The molecular weight excluding hydrogens is 302 g/mol. The fourth-order valence-electron chi connectivity index (χ4n) is 4.27. The number of primary amides is 1. The maximum Gasteiger partial charge on any atom is 0.221 e. The van der Waals surface area contributed by atoms with E-state index >= 15 is 0 Å². The summed E-state index contributed by atoms with van der Waals surface area (Å²) in [6.45, 7) is 11.5. The van der Waals surface area contributed by atoms with Crippen molar-refractivity contribution in [2.24, 2.45) is 23.0 Å². The molecule has 1 aromatic rings. The third kappa shape index (κ3) is 3.14. The summed E-state index contributed by atoms with van der Waals surface area (Å²) >= 11 is 0. The lowest BCUT2D eigenvalue weighted by atomic mass is 9.71. The van der Waals surface area contributed by atoms with Crippen LogP contribution in [0.2, 0.25) is 0 Å². The summed E-state index contributed by atoms with van der Waals surface area (Å²) in [7, 11) is 0. The second-order valence-corrected chi connectivity index (χ2v) is 8.17. The Kier molecular flexibility index (Phi) is 4.71. The van der Waals surface area contributed by atoms with Crippen LogP contribution in [0.4, 0.5) is 0 Å². The molecule has 24 heavy (non-hydrogen) atoms. The van der Waals surface area contributed by atoms with E-state index in [1.54, 1.807) is 0 Å². The van der Waals surface area contributed by atoms with Crippen molar-refractivity contribution in [1.82, 2.24) is 0 Å². The Morgan fingerprint density at radius 3 is 2.04 bits per heavy atom. The number of Topliss-reactive ketones (excluding diaryl/α,β-unsaturated/α-hetero) is 2. The zero-order chi connectivity index (χ0) is 18.4. The fraction of sp³-hybridized carbons (Fsp3) is 0.550. The number of ketones is 2. The number of amides is 1. The zero-order valence-electron chi connectivity index (χ0n) is 15.4. The summed E-state index contributed by atoms with van der Waals surface area (Å²) in [6, 6.07) is 3.98. The molecule has 0 bridgehead atoms. The highest BCUT2D eigenvalue weighted by Gasteiger charge is 2.50. The van der Waals surface area contributed by atoms with Gasteiger partial charge in [-0.25, -0.2) is 0 Å². The molecule has 0 spiro atoms. The minimum Gasteiger partial charge on any atom is -0.369 e. The number of nitrogens with two attached hydrogens (primary N) is 1. The summed E-state index contributed by atoms with van der Waals surface area (Å²) in [5.74, 6) is -2.79. The van der Waals surface area contributed by atoms with Gasteiger partial charge in [-0.2, -0.15) is 0 Å². The SMILES string of the molecule is Cc1cc(C)c(C2C(=O)CC(C(C(N)=O)C(C)(C)C)C2=O)c(C)c1. The summed E-state index contributed by atoms with van der Waals surface area (Å²) < 4.78 is 0. The summed E-state index contributed by atoms with van der Waals surface area (Å²) in [5.41, 5.74) is 8.92. The third-order valence-electron chi connectivity index (χ3n) is 5.06. The molecule has 1 aliphatic carbocycles. The standard InChI is InChI=1S/C20H27NO3/c1-10-7-11(2)15(12(3)8-10)16-14(22)9-13(18(16)23)17(19(21)24)20(4,5)6/h7-8,13,16-17H,9H2,1-6H3,(H2,21,24).